The van der Waals surface area contributed by atoms with Crippen LogP contribution in [-0.2, 0) is 49.6 Å². The third-order valence-corrected chi connectivity index (χ3v) is 9.12. The zero-order chi connectivity index (χ0) is 32.3. The molecule has 3 aromatic rings. The lowest BCUT2D eigenvalue weighted by Crippen LogP contribution is -2.33. The quantitative estimate of drug-likeness (QED) is 0.105. The number of anilines is 3. The highest BCUT2D eigenvalue weighted by molar-refractivity contribution is 6.15. The van der Waals surface area contributed by atoms with E-state index in [9.17, 15) is 19.2 Å². The molecular formula is C38H45N3O5. The highest BCUT2D eigenvalue weighted by Gasteiger charge is 2.30. The molecule has 8 nitrogen and oxygen atoms in total. The molecule has 0 fully saturated rings. The van der Waals surface area contributed by atoms with Crippen molar-refractivity contribution in [2.75, 3.05) is 23.1 Å². The Morgan fingerprint density at radius 2 is 1.15 bits per heavy atom. The van der Waals surface area contributed by atoms with Gasteiger partial charge in [-0.3, -0.25) is 19.2 Å². The van der Waals surface area contributed by atoms with Crippen LogP contribution < -0.4 is 16.0 Å². The van der Waals surface area contributed by atoms with E-state index in [0.717, 1.165) is 99.6 Å². The summed E-state index contributed by atoms with van der Waals surface area (Å²) in [6, 6.07) is 19.0. The first-order valence-corrected chi connectivity index (χ1v) is 16.7. The Morgan fingerprint density at radius 3 is 1.70 bits per heavy atom. The summed E-state index contributed by atoms with van der Waals surface area (Å²) >= 11 is 0. The van der Waals surface area contributed by atoms with Crippen LogP contribution in [0.5, 0.6) is 0 Å². The second kappa shape index (κ2) is 16.2. The van der Waals surface area contributed by atoms with E-state index < -0.39 is 5.92 Å². The SMILES string of the molecule is COC(=O)CCCCCCC(=O)Nc1ccc(C(C(=O)Nc2cccc3c2CCCC3)C(=O)Nc2cccc3c2CCCC3)cc1. The molecule has 242 valence electrons. The van der Waals surface area contributed by atoms with Crippen molar-refractivity contribution in [3.05, 3.63) is 88.5 Å². The molecule has 0 aromatic heterocycles. The summed E-state index contributed by atoms with van der Waals surface area (Å²) in [4.78, 5) is 51.7. The zero-order valence-electron chi connectivity index (χ0n) is 26.8. The predicted octanol–water partition coefficient (Wildman–Crippen LogP) is 7.26. The fourth-order valence-corrected chi connectivity index (χ4v) is 6.62. The first-order chi connectivity index (χ1) is 22.4. The topological polar surface area (TPSA) is 114 Å². The van der Waals surface area contributed by atoms with Gasteiger partial charge in [-0.05, 0) is 116 Å². The molecule has 3 aromatic carbocycles. The van der Waals surface area contributed by atoms with Crippen molar-refractivity contribution in [3.8, 4) is 0 Å². The van der Waals surface area contributed by atoms with Gasteiger partial charge in [0.1, 0.15) is 5.92 Å². The van der Waals surface area contributed by atoms with Gasteiger partial charge in [0, 0.05) is 29.9 Å². The third-order valence-electron chi connectivity index (χ3n) is 9.12. The van der Waals surface area contributed by atoms with Crippen LogP contribution in [0.4, 0.5) is 17.1 Å². The smallest absolute Gasteiger partial charge is 0.305 e. The number of rotatable bonds is 13. The van der Waals surface area contributed by atoms with E-state index in [1.165, 1.54) is 18.2 Å². The lowest BCUT2D eigenvalue weighted by atomic mass is 9.89. The van der Waals surface area contributed by atoms with Gasteiger partial charge in [0.2, 0.25) is 17.7 Å². The number of ether oxygens (including phenoxy) is 1. The lowest BCUT2D eigenvalue weighted by molar-refractivity contribution is -0.140. The summed E-state index contributed by atoms with van der Waals surface area (Å²) in [5.74, 6) is -2.17. The lowest BCUT2D eigenvalue weighted by Gasteiger charge is -2.23. The average Bonchev–Trinajstić information content (AvgIpc) is 3.07. The number of hydrogen-bond donors (Lipinski definition) is 3. The maximum Gasteiger partial charge on any atom is 0.305 e. The van der Waals surface area contributed by atoms with E-state index in [2.05, 4.69) is 32.8 Å². The van der Waals surface area contributed by atoms with Gasteiger partial charge in [-0.25, -0.2) is 0 Å². The van der Waals surface area contributed by atoms with Crippen molar-refractivity contribution < 1.29 is 23.9 Å². The minimum atomic E-state index is -1.09. The highest BCUT2D eigenvalue weighted by atomic mass is 16.5. The summed E-state index contributed by atoms with van der Waals surface area (Å²) in [6.07, 6.45) is 12.2. The molecule has 5 rings (SSSR count). The number of carbonyl (C=O) groups excluding carboxylic acids is 4. The van der Waals surface area contributed by atoms with Crippen molar-refractivity contribution in [2.24, 2.45) is 0 Å². The molecule has 0 aliphatic heterocycles. The van der Waals surface area contributed by atoms with E-state index in [-0.39, 0.29) is 23.7 Å². The predicted molar refractivity (Wildman–Crippen MR) is 181 cm³/mol. The van der Waals surface area contributed by atoms with Crippen molar-refractivity contribution in [1.29, 1.82) is 0 Å². The first-order valence-electron chi connectivity index (χ1n) is 16.7. The van der Waals surface area contributed by atoms with Crippen LogP contribution in [-0.4, -0.2) is 30.8 Å². The number of nitrogens with one attached hydrogen (secondary N) is 3. The number of amides is 3. The normalized spacial score (nSPS) is 13.7. The van der Waals surface area contributed by atoms with Crippen molar-refractivity contribution in [3.63, 3.8) is 0 Å². The molecule has 0 spiro atoms. The van der Waals surface area contributed by atoms with Gasteiger partial charge in [-0.15, -0.1) is 0 Å². The van der Waals surface area contributed by atoms with E-state index in [4.69, 9.17) is 0 Å². The molecular weight excluding hydrogens is 578 g/mol. The molecule has 0 bridgehead atoms. The minimum absolute atomic E-state index is 0.101. The molecule has 46 heavy (non-hydrogen) atoms. The fraction of sp³-hybridized carbons (Fsp3) is 0.421. The summed E-state index contributed by atoms with van der Waals surface area (Å²) in [6.45, 7) is 0. The van der Waals surface area contributed by atoms with E-state index >= 15 is 0 Å². The number of unbranched alkanes of at least 4 members (excludes halogenated alkanes) is 3. The van der Waals surface area contributed by atoms with Gasteiger partial charge in [-0.2, -0.15) is 0 Å². The molecule has 0 atom stereocenters. The van der Waals surface area contributed by atoms with Crippen molar-refractivity contribution in [2.45, 2.75) is 95.8 Å². The number of benzene rings is 3. The molecule has 3 N–H and O–H groups in total. The number of aryl methyl sites for hydroxylation is 2. The second-order valence-corrected chi connectivity index (χ2v) is 12.4. The Kier molecular flexibility index (Phi) is 11.6. The third kappa shape index (κ3) is 8.62. The molecule has 0 saturated carbocycles. The maximum atomic E-state index is 14.0. The highest BCUT2D eigenvalue weighted by Crippen LogP contribution is 2.32. The molecule has 0 saturated heterocycles. The molecule has 0 heterocycles. The molecule has 2 aliphatic carbocycles. The average molecular weight is 624 g/mol. The van der Waals surface area contributed by atoms with Crippen LogP contribution in [0, 0.1) is 0 Å². The van der Waals surface area contributed by atoms with Gasteiger partial charge in [0.05, 0.1) is 7.11 Å². The maximum absolute atomic E-state index is 14.0. The Bertz CT molecular complexity index is 1470. The van der Waals surface area contributed by atoms with Crippen molar-refractivity contribution >= 4 is 40.8 Å². The van der Waals surface area contributed by atoms with Crippen LogP contribution in [0.25, 0.3) is 0 Å². The largest absolute Gasteiger partial charge is 0.469 e. The number of carbonyl (C=O) groups is 4. The Hall–Kier alpha value is -4.46. The van der Waals surface area contributed by atoms with Crippen LogP contribution in [0.15, 0.2) is 60.7 Å². The summed E-state index contributed by atoms with van der Waals surface area (Å²) in [5.41, 5.74) is 7.50. The van der Waals surface area contributed by atoms with Crippen LogP contribution in [0.2, 0.25) is 0 Å². The first kappa shape index (κ1) is 32.9. The Labute approximate surface area is 271 Å². The number of fused-ring (bicyclic) bond motifs is 2. The number of methoxy groups -OCH3 is 1. The monoisotopic (exact) mass is 623 g/mol. The Morgan fingerprint density at radius 1 is 0.630 bits per heavy atom. The molecule has 8 heteroatoms. The van der Waals surface area contributed by atoms with Crippen LogP contribution in [0.1, 0.15) is 97.9 Å². The van der Waals surface area contributed by atoms with E-state index in [0.29, 0.717) is 24.1 Å². The zero-order valence-corrected chi connectivity index (χ0v) is 26.8. The van der Waals surface area contributed by atoms with Gasteiger partial charge < -0.3 is 20.7 Å². The molecule has 0 unspecified atom stereocenters. The minimum Gasteiger partial charge on any atom is -0.469 e. The second-order valence-electron chi connectivity index (χ2n) is 12.4. The fourth-order valence-electron chi connectivity index (χ4n) is 6.62. The summed E-state index contributed by atoms with van der Waals surface area (Å²) in [5, 5.41) is 9.11. The number of hydrogen-bond acceptors (Lipinski definition) is 5. The van der Waals surface area contributed by atoms with Gasteiger partial charge in [-0.1, -0.05) is 49.2 Å². The summed E-state index contributed by atoms with van der Waals surface area (Å²) in [7, 11) is 1.38. The van der Waals surface area contributed by atoms with Crippen LogP contribution >= 0.6 is 0 Å². The summed E-state index contributed by atoms with van der Waals surface area (Å²) < 4.78 is 4.66. The van der Waals surface area contributed by atoms with E-state index in [1.54, 1.807) is 24.3 Å². The standard InChI is InChI=1S/C38H45N3O5/c1-46-35(43)21-5-3-2-4-20-34(42)39-29-24-22-28(23-25-29)36(37(44)40-32-18-10-14-26-12-6-8-16-30(26)32)38(45)41-33-19-11-15-27-13-7-9-17-31(27)33/h10-11,14-15,18-19,22-25,36H,2-9,12-13,16-17,20-21H2,1H3,(H,39,42)(H,40,44)(H,41,45). The molecule has 2 aliphatic rings. The molecule has 3 amide bonds. The van der Waals surface area contributed by atoms with Gasteiger partial charge >= 0.3 is 5.97 Å². The van der Waals surface area contributed by atoms with Gasteiger partial charge in [0.25, 0.3) is 0 Å². The van der Waals surface area contributed by atoms with Gasteiger partial charge in [0.15, 0.2) is 0 Å². The molecule has 0 radical (unpaired) electrons. The van der Waals surface area contributed by atoms with Crippen molar-refractivity contribution in [1.82, 2.24) is 0 Å². The van der Waals surface area contributed by atoms with E-state index in [1.807, 2.05) is 24.3 Å². The Balaban J connectivity index is 1.28. The van der Waals surface area contributed by atoms with Crippen LogP contribution in [0.3, 0.4) is 0 Å². The number of esters is 1.